The largest absolute Gasteiger partial charge is 0.490 e. The van der Waals surface area contributed by atoms with Gasteiger partial charge in [-0.2, -0.15) is 24.5 Å². The third-order valence-electron chi connectivity index (χ3n) is 4.37. The number of alkyl halides is 3. The van der Waals surface area contributed by atoms with Crippen LogP contribution in [-0.4, -0.2) is 62.7 Å². The van der Waals surface area contributed by atoms with Gasteiger partial charge in [0.05, 0.1) is 16.5 Å². The van der Waals surface area contributed by atoms with Crippen molar-refractivity contribution in [1.82, 2.24) is 9.88 Å². The molecule has 156 valence electrons. The minimum Gasteiger partial charge on any atom is -0.488 e. The van der Waals surface area contributed by atoms with Crippen LogP contribution in [0.2, 0.25) is 0 Å². The number of carboxylic acids is 1. The van der Waals surface area contributed by atoms with Crippen LogP contribution in [0, 0.1) is 0 Å². The van der Waals surface area contributed by atoms with Crippen molar-refractivity contribution in [2.24, 2.45) is 0 Å². The number of carbonyl (C=O) groups excluding carboxylic acids is 1. The molecule has 6 nitrogen and oxygen atoms in total. The van der Waals surface area contributed by atoms with Crippen molar-refractivity contribution >= 4 is 35.0 Å². The third kappa shape index (κ3) is 5.41. The van der Waals surface area contributed by atoms with Gasteiger partial charge in [0.2, 0.25) is 0 Å². The van der Waals surface area contributed by atoms with E-state index in [4.69, 9.17) is 14.6 Å². The number of aliphatic carboxylic acids is 1. The second-order valence-corrected chi connectivity index (χ2v) is 8.87. The predicted octanol–water partition coefficient (Wildman–Crippen LogP) is 3.56. The zero-order chi connectivity index (χ0) is 21.1. The lowest BCUT2D eigenvalue weighted by molar-refractivity contribution is -0.192. The van der Waals surface area contributed by atoms with E-state index in [1.54, 1.807) is 23.7 Å². The van der Waals surface area contributed by atoms with Crippen molar-refractivity contribution in [2.75, 3.05) is 18.8 Å². The SMILES string of the molecule is O=C(O)C(F)(F)F.O=C(c1ccsc1)N1CC2(CC(Oc3cccnc3)CS2)C1. The molecule has 1 unspecified atom stereocenters. The topological polar surface area (TPSA) is 79.7 Å². The number of halogens is 3. The van der Waals surface area contributed by atoms with E-state index < -0.39 is 12.1 Å². The first-order chi connectivity index (χ1) is 13.7. The number of likely N-dealkylation sites (tertiary alicyclic amines) is 1. The van der Waals surface area contributed by atoms with E-state index in [0.29, 0.717) is 0 Å². The van der Waals surface area contributed by atoms with Crippen LogP contribution in [0.5, 0.6) is 5.75 Å². The van der Waals surface area contributed by atoms with Crippen LogP contribution >= 0.6 is 23.1 Å². The predicted molar refractivity (Wildman–Crippen MR) is 102 cm³/mol. The maximum atomic E-state index is 12.3. The number of nitrogens with zero attached hydrogens (tertiary/aromatic N) is 2. The van der Waals surface area contributed by atoms with Crippen LogP contribution in [0.15, 0.2) is 41.4 Å². The van der Waals surface area contributed by atoms with Gasteiger partial charge in [0.15, 0.2) is 0 Å². The minimum absolute atomic E-state index is 0.157. The van der Waals surface area contributed by atoms with Gasteiger partial charge in [0.1, 0.15) is 11.9 Å². The number of rotatable bonds is 3. The standard InChI is InChI=1S/C16H16N2O2S2.C2HF3O2/c19-15(12-3-5-21-8-12)18-10-16(11-18)6-14(9-22-16)20-13-2-1-4-17-7-13;3-2(4,5)1(6)7/h1-5,7-8,14H,6,9-11H2;(H,6,7). The molecule has 0 aliphatic carbocycles. The minimum atomic E-state index is -5.08. The Kier molecular flexibility index (Phi) is 6.37. The Morgan fingerprint density at radius 3 is 2.59 bits per heavy atom. The summed E-state index contributed by atoms with van der Waals surface area (Å²) in [4.78, 5) is 27.2. The Bertz CT molecular complexity index is 841. The molecule has 29 heavy (non-hydrogen) atoms. The molecule has 1 amide bonds. The maximum absolute atomic E-state index is 12.3. The molecule has 2 aliphatic rings. The van der Waals surface area contributed by atoms with E-state index in [0.717, 1.165) is 36.6 Å². The Hall–Kier alpha value is -2.27. The Morgan fingerprint density at radius 2 is 2.03 bits per heavy atom. The summed E-state index contributed by atoms with van der Waals surface area (Å²) in [5.74, 6) is -0.790. The monoisotopic (exact) mass is 446 g/mol. The van der Waals surface area contributed by atoms with Crippen LogP contribution < -0.4 is 4.74 Å². The van der Waals surface area contributed by atoms with Crippen LogP contribution in [0.25, 0.3) is 0 Å². The zero-order valence-corrected chi connectivity index (χ0v) is 16.6. The molecule has 0 radical (unpaired) electrons. The van der Waals surface area contributed by atoms with Crippen LogP contribution in [-0.2, 0) is 4.79 Å². The van der Waals surface area contributed by atoms with E-state index in [1.165, 1.54) is 0 Å². The van der Waals surface area contributed by atoms with Gasteiger partial charge in [-0.05, 0) is 23.6 Å². The van der Waals surface area contributed by atoms with E-state index >= 15 is 0 Å². The van der Waals surface area contributed by atoms with Crippen LogP contribution in [0.4, 0.5) is 13.2 Å². The average Bonchev–Trinajstić information content (AvgIpc) is 3.31. The van der Waals surface area contributed by atoms with Gasteiger partial charge < -0.3 is 14.7 Å². The molecule has 1 spiro atoms. The number of hydrogen-bond acceptors (Lipinski definition) is 6. The fourth-order valence-corrected chi connectivity index (χ4v) is 5.22. The van der Waals surface area contributed by atoms with Gasteiger partial charge in [-0.15, -0.1) is 11.8 Å². The number of aromatic nitrogens is 1. The Balaban J connectivity index is 0.000000298. The molecule has 0 saturated carbocycles. The number of pyridine rings is 1. The summed E-state index contributed by atoms with van der Waals surface area (Å²) in [5.41, 5.74) is 0.811. The number of thiophene rings is 1. The summed E-state index contributed by atoms with van der Waals surface area (Å²) in [5, 5.41) is 11.0. The molecule has 2 aromatic heterocycles. The van der Waals surface area contributed by atoms with Gasteiger partial charge >= 0.3 is 12.1 Å². The van der Waals surface area contributed by atoms with Crippen molar-refractivity contribution in [2.45, 2.75) is 23.4 Å². The average molecular weight is 446 g/mol. The highest BCUT2D eigenvalue weighted by atomic mass is 32.2. The highest BCUT2D eigenvalue weighted by Gasteiger charge is 2.51. The molecular formula is C18H17F3N2O4S2. The summed E-state index contributed by atoms with van der Waals surface area (Å²) >= 11 is 3.51. The highest BCUT2D eigenvalue weighted by molar-refractivity contribution is 8.01. The van der Waals surface area contributed by atoms with Crippen molar-refractivity contribution in [3.8, 4) is 5.75 Å². The maximum Gasteiger partial charge on any atom is 0.490 e. The number of thioether (sulfide) groups is 1. The molecule has 4 heterocycles. The van der Waals surface area contributed by atoms with Gasteiger partial charge in [-0.1, -0.05) is 0 Å². The molecule has 4 rings (SSSR count). The van der Waals surface area contributed by atoms with Crippen molar-refractivity contribution in [1.29, 1.82) is 0 Å². The Morgan fingerprint density at radius 1 is 1.31 bits per heavy atom. The summed E-state index contributed by atoms with van der Waals surface area (Å²) in [6.45, 7) is 1.67. The highest BCUT2D eigenvalue weighted by Crippen LogP contribution is 2.46. The quantitative estimate of drug-likeness (QED) is 0.777. The van der Waals surface area contributed by atoms with E-state index in [2.05, 4.69) is 4.98 Å². The first kappa shape index (κ1) is 21.4. The molecule has 2 fully saturated rings. The number of hydrogen-bond donors (Lipinski definition) is 1. The molecule has 11 heteroatoms. The lowest BCUT2D eigenvalue weighted by Crippen LogP contribution is -2.60. The van der Waals surface area contributed by atoms with Gasteiger partial charge in [0, 0.05) is 36.8 Å². The molecule has 1 atom stereocenters. The van der Waals surface area contributed by atoms with Crippen LogP contribution in [0.3, 0.4) is 0 Å². The lowest BCUT2D eigenvalue weighted by atomic mass is 9.92. The van der Waals surface area contributed by atoms with Gasteiger partial charge in [-0.3, -0.25) is 9.78 Å². The fraction of sp³-hybridized carbons (Fsp3) is 0.389. The lowest BCUT2D eigenvalue weighted by Gasteiger charge is -2.47. The molecular weight excluding hydrogens is 429 g/mol. The van der Waals surface area contributed by atoms with Crippen molar-refractivity contribution in [3.05, 3.63) is 46.9 Å². The van der Waals surface area contributed by atoms with Gasteiger partial charge in [0.25, 0.3) is 5.91 Å². The molecule has 0 bridgehead atoms. The fourth-order valence-electron chi connectivity index (χ4n) is 3.07. The summed E-state index contributed by atoms with van der Waals surface area (Å²) in [7, 11) is 0. The molecule has 2 aliphatic heterocycles. The number of amides is 1. The molecule has 2 saturated heterocycles. The van der Waals surface area contributed by atoms with Crippen molar-refractivity contribution in [3.63, 3.8) is 0 Å². The van der Waals surface area contributed by atoms with E-state index in [1.807, 2.05) is 45.6 Å². The first-order valence-corrected chi connectivity index (χ1v) is 10.4. The van der Waals surface area contributed by atoms with Gasteiger partial charge in [-0.25, -0.2) is 4.79 Å². The second-order valence-electron chi connectivity index (χ2n) is 6.60. The number of carbonyl (C=O) groups is 2. The summed E-state index contributed by atoms with van der Waals surface area (Å²) in [6, 6.07) is 5.72. The second kappa shape index (κ2) is 8.62. The zero-order valence-electron chi connectivity index (χ0n) is 15.0. The molecule has 1 N–H and O–H groups in total. The summed E-state index contributed by atoms with van der Waals surface area (Å²) < 4.78 is 37.9. The first-order valence-electron chi connectivity index (χ1n) is 8.51. The van der Waals surface area contributed by atoms with Crippen LogP contribution in [0.1, 0.15) is 16.8 Å². The number of carboxylic acid groups (broad SMARTS) is 1. The third-order valence-corrected chi connectivity index (χ3v) is 6.63. The van der Waals surface area contributed by atoms with Crippen molar-refractivity contribution < 1.29 is 32.6 Å². The van der Waals surface area contributed by atoms with E-state index in [-0.39, 0.29) is 16.8 Å². The smallest absolute Gasteiger partial charge is 0.488 e. The normalized spacial score (nSPS) is 19.8. The summed E-state index contributed by atoms with van der Waals surface area (Å²) in [6.07, 6.45) is -0.368. The number of ether oxygens (including phenoxy) is 1. The molecule has 0 aromatic carbocycles. The Labute approximate surface area is 172 Å². The molecule has 2 aromatic rings. The van der Waals surface area contributed by atoms with E-state index in [9.17, 15) is 18.0 Å².